The van der Waals surface area contributed by atoms with Crippen molar-refractivity contribution in [1.82, 2.24) is 5.32 Å². The summed E-state index contributed by atoms with van der Waals surface area (Å²) in [5, 5.41) is 3.28. The molecule has 2 rings (SSSR count). The zero-order chi connectivity index (χ0) is 9.42. The second-order valence-electron chi connectivity index (χ2n) is 3.33. The third-order valence-electron chi connectivity index (χ3n) is 2.62. The zero-order valence-corrected chi connectivity index (χ0v) is 10.9. The van der Waals surface area contributed by atoms with Gasteiger partial charge in [-0.05, 0) is 37.4 Å². The second-order valence-corrected chi connectivity index (χ2v) is 5.56. The third-order valence-corrected chi connectivity index (χ3v) is 4.39. The smallest absolute Gasteiger partial charge is 0.0979 e. The van der Waals surface area contributed by atoms with E-state index >= 15 is 0 Å². The Kier molecular flexibility index (Phi) is 4.54. The Balaban J connectivity index is 0.000000980. The van der Waals surface area contributed by atoms with E-state index in [4.69, 9.17) is 23.2 Å². The molecule has 1 nitrogen and oxygen atoms in total. The van der Waals surface area contributed by atoms with Gasteiger partial charge in [0.05, 0.1) is 8.67 Å². The Morgan fingerprint density at radius 3 is 2.57 bits per heavy atom. The molecule has 0 saturated heterocycles. The van der Waals surface area contributed by atoms with E-state index in [1.807, 2.05) is 7.05 Å². The average molecular weight is 273 g/mol. The highest BCUT2D eigenvalue weighted by atomic mass is 35.5. The molecule has 1 aliphatic carbocycles. The molecular weight excluding hydrogens is 261 g/mol. The molecule has 0 spiro atoms. The van der Waals surface area contributed by atoms with Crippen LogP contribution in [0, 0.1) is 0 Å². The van der Waals surface area contributed by atoms with Crippen molar-refractivity contribution in [2.75, 3.05) is 7.05 Å². The van der Waals surface area contributed by atoms with E-state index in [2.05, 4.69) is 5.32 Å². The lowest BCUT2D eigenvalue weighted by molar-refractivity contribution is 0.498. The maximum absolute atomic E-state index is 6.09. The van der Waals surface area contributed by atoms with Crippen molar-refractivity contribution in [1.29, 1.82) is 0 Å². The van der Waals surface area contributed by atoms with Crippen LogP contribution in [0.5, 0.6) is 0 Å². The normalized spacial score (nSPS) is 20.1. The Bertz CT molecular complexity index is 324. The number of halogens is 3. The largest absolute Gasteiger partial charge is 0.317 e. The summed E-state index contributed by atoms with van der Waals surface area (Å²) in [6.07, 6.45) is 3.24. The third kappa shape index (κ3) is 2.20. The van der Waals surface area contributed by atoms with E-state index in [0.29, 0.717) is 6.04 Å². The number of fused-ring (bicyclic) bond motifs is 1. The molecule has 1 unspecified atom stereocenters. The van der Waals surface area contributed by atoms with Gasteiger partial charge in [0, 0.05) is 6.04 Å². The highest BCUT2D eigenvalue weighted by Crippen LogP contribution is 2.40. The van der Waals surface area contributed by atoms with Gasteiger partial charge in [0.1, 0.15) is 0 Å². The van der Waals surface area contributed by atoms with E-state index in [0.717, 1.165) is 27.9 Å². The number of rotatable bonds is 1. The summed E-state index contributed by atoms with van der Waals surface area (Å²) in [4.78, 5) is 0. The standard InChI is InChI=1S/C9H11Cl2NS.ClH/c1-12-5-2-3-6-7(4-5)9(11)13-8(6)10;/h5,12H,2-4H2,1H3;1H. The molecule has 0 aliphatic heterocycles. The molecule has 1 aromatic rings. The molecule has 80 valence electrons. The maximum atomic E-state index is 6.09. The van der Waals surface area contributed by atoms with Crippen LogP contribution in [-0.4, -0.2) is 13.1 Å². The fourth-order valence-corrected chi connectivity index (χ4v) is 3.62. The van der Waals surface area contributed by atoms with Crippen molar-refractivity contribution in [2.45, 2.75) is 25.3 Å². The maximum Gasteiger partial charge on any atom is 0.0979 e. The van der Waals surface area contributed by atoms with Gasteiger partial charge in [-0.2, -0.15) is 0 Å². The lowest BCUT2D eigenvalue weighted by Gasteiger charge is -2.22. The highest BCUT2D eigenvalue weighted by Gasteiger charge is 2.23. The van der Waals surface area contributed by atoms with Gasteiger partial charge in [-0.1, -0.05) is 23.2 Å². The fraction of sp³-hybridized carbons (Fsp3) is 0.556. The molecule has 0 amide bonds. The van der Waals surface area contributed by atoms with Gasteiger partial charge in [0.2, 0.25) is 0 Å². The lowest BCUT2D eigenvalue weighted by atomic mass is 9.92. The van der Waals surface area contributed by atoms with E-state index in [1.165, 1.54) is 22.5 Å². The van der Waals surface area contributed by atoms with Gasteiger partial charge in [-0.15, -0.1) is 23.7 Å². The number of likely N-dealkylation sites (N-methyl/N-ethyl adjacent to an activating group) is 1. The van der Waals surface area contributed by atoms with Crippen molar-refractivity contribution in [3.63, 3.8) is 0 Å². The van der Waals surface area contributed by atoms with Gasteiger partial charge in [0.15, 0.2) is 0 Å². The van der Waals surface area contributed by atoms with Crippen LogP contribution >= 0.6 is 46.9 Å². The van der Waals surface area contributed by atoms with Crippen LogP contribution in [0.2, 0.25) is 8.67 Å². The van der Waals surface area contributed by atoms with Crippen LogP contribution in [0.25, 0.3) is 0 Å². The summed E-state index contributed by atoms with van der Waals surface area (Å²) >= 11 is 13.7. The first kappa shape index (κ1) is 12.6. The number of hydrogen-bond acceptors (Lipinski definition) is 2. The van der Waals surface area contributed by atoms with Crippen molar-refractivity contribution >= 4 is 46.9 Å². The summed E-state index contributed by atoms with van der Waals surface area (Å²) in [6, 6.07) is 0.565. The first-order valence-electron chi connectivity index (χ1n) is 4.35. The van der Waals surface area contributed by atoms with Crippen LogP contribution in [0.3, 0.4) is 0 Å². The van der Waals surface area contributed by atoms with Crippen molar-refractivity contribution < 1.29 is 0 Å². The SMILES string of the molecule is CNC1CCc2c(Cl)sc(Cl)c2C1.Cl. The minimum Gasteiger partial charge on any atom is -0.317 e. The molecule has 1 aliphatic rings. The molecule has 1 N–H and O–H groups in total. The number of thiophene rings is 1. The minimum absolute atomic E-state index is 0. The van der Waals surface area contributed by atoms with Gasteiger partial charge in [-0.3, -0.25) is 0 Å². The molecule has 1 aromatic heterocycles. The van der Waals surface area contributed by atoms with E-state index in [9.17, 15) is 0 Å². The topological polar surface area (TPSA) is 12.0 Å². The van der Waals surface area contributed by atoms with Crippen LogP contribution in [0.15, 0.2) is 0 Å². The van der Waals surface area contributed by atoms with Crippen molar-refractivity contribution in [2.24, 2.45) is 0 Å². The molecule has 0 radical (unpaired) electrons. The number of hydrogen-bond donors (Lipinski definition) is 1. The highest BCUT2D eigenvalue weighted by molar-refractivity contribution is 7.20. The summed E-state index contributed by atoms with van der Waals surface area (Å²) in [7, 11) is 2.00. The second kappa shape index (κ2) is 5.04. The quantitative estimate of drug-likeness (QED) is 0.824. The Morgan fingerprint density at radius 1 is 1.29 bits per heavy atom. The van der Waals surface area contributed by atoms with Gasteiger partial charge in [-0.25, -0.2) is 0 Å². The first-order chi connectivity index (χ1) is 6.22. The summed E-state index contributed by atoms with van der Waals surface area (Å²) in [5.74, 6) is 0. The van der Waals surface area contributed by atoms with Crippen LogP contribution in [0.1, 0.15) is 17.5 Å². The van der Waals surface area contributed by atoms with E-state index in [1.54, 1.807) is 0 Å². The zero-order valence-electron chi connectivity index (χ0n) is 7.77. The van der Waals surface area contributed by atoms with Crippen molar-refractivity contribution in [3.8, 4) is 0 Å². The monoisotopic (exact) mass is 271 g/mol. The molecule has 5 heteroatoms. The van der Waals surface area contributed by atoms with Crippen LogP contribution < -0.4 is 5.32 Å². The van der Waals surface area contributed by atoms with Crippen LogP contribution in [0.4, 0.5) is 0 Å². The number of nitrogens with one attached hydrogen (secondary N) is 1. The minimum atomic E-state index is 0. The van der Waals surface area contributed by atoms with Gasteiger partial charge < -0.3 is 5.32 Å². The van der Waals surface area contributed by atoms with Gasteiger partial charge in [0.25, 0.3) is 0 Å². The predicted molar refractivity (Wildman–Crippen MR) is 66.5 cm³/mol. The lowest BCUT2D eigenvalue weighted by Crippen LogP contribution is -2.31. The Hall–Kier alpha value is 0.530. The summed E-state index contributed by atoms with van der Waals surface area (Å²) < 4.78 is 1.76. The molecule has 1 atom stereocenters. The molecule has 0 fully saturated rings. The summed E-state index contributed by atoms with van der Waals surface area (Å²) in [5.41, 5.74) is 2.55. The Labute approximate surface area is 104 Å². The van der Waals surface area contributed by atoms with Crippen LogP contribution in [-0.2, 0) is 12.8 Å². The molecule has 14 heavy (non-hydrogen) atoms. The molecule has 0 saturated carbocycles. The van der Waals surface area contributed by atoms with E-state index in [-0.39, 0.29) is 12.4 Å². The van der Waals surface area contributed by atoms with Crippen molar-refractivity contribution in [3.05, 3.63) is 19.8 Å². The first-order valence-corrected chi connectivity index (χ1v) is 5.92. The fourth-order valence-electron chi connectivity index (χ4n) is 1.81. The van der Waals surface area contributed by atoms with E-state index < -0.39 is 0 Å². The average Bonchev–Trinajstić information content (AvgIpc) is 2.42. The molecule has 1 heterocycles. The molecule has 0 bridgehead atoms. The summed E-state index contributed by atoms with van der Waals surface area (Å²) in [6.45, 7) is 0. The molecule has 0 aromatic carbocycles. The Morgan fingerprint density at radius 2 is 1.93 bits per heavy atom. The van der Waals surface area contributed by atoms with Gasteiger partial charge >= 0.3 is 0 Å². The predicted octanol–water partition coefficient (Wildman–Crippen LogP) is 3.55. The molecular formula is C9H12Cl3NS.